The molecule has 0 aliphatic carbocycles. The molecule has 2 heterocycles. The van der Waals surface area contributed by atoms with Crippen LogP contribution in [-0.2, 0) is 17.8 Å². The van der Waals surface area contributed by atoms with E-state index in [1.54, 1.807) is 25.1 Å². The van der Waals surface area contributed by atoms with Crippen LogP contribution in [0.15, 0.2) is 42.7 Å². The second kappa shape index (κ2) is 8.51. The number of ether oxygens (including phenoxy) is 1. The number of nitrogens with zero attached hydrogens (tertiary/aromatic N) is 3. The number of carboxylic acid groups (broad SMARTS) is 1. The lowest BCUT2D eigenvalue weighted by atomic mass is 10.1. The average Bonchev–Trinajstić information content (AvgIpc) is 2.65. The van der Waals surface area contributed by atoms with Gasteiger partial charge in [-0.25, -0.2) is 14.4 Å². The molecule has 144 valence electrons. The Kier molecular flexibility index (Phi) is 5.88. The summed E-state index contributed by atoms with van der Waals surface area (Å²) in [5.74, 6) is -1.79. The maximum Gasteiger partial charge on any atom is 0.303 e. The third-order valence-corrected chi connectivity index (χ3v) is 4.05. The summed E-state index contributed by atoms with van der Waals surface area (Å²) in [5.41, 5.74) is 2.51. The van der Waals surface area contributed by atoms with E-state index in [2.05, 4.69) is 15.0 Å². The Labute approximate surface area is 159 Å². The Morgan fingerprint density at radius 2 is 1.96 bits per heavy atom. The summed E-state index contributed by atoms with van der Waals surface area (Å²) in [7, 11) is 0. The lowest BCUT2D eigenvalue weighted by Crippen LogP contribution is -2.02. The molecular weight excluding hydrogens is 368 g/mol. The summed E-state index contributed by atoms with van der Waals surface area (Å²) in [6.45, 7) is 1.73. The number of halogens is 2. The van der Waals surface area contributed by atoms with Gasteiger partial charge in [-0.1, -0.05) is 12.1 Å². The van der Waals surface area contributed by atoms with Crippen LogP contribution >= 0.6 is 0 Å². The number of benzene rings is 1. The molecule has 0 saturated heterocycles. The third kappa shape index (κ3) is 4.85. The van der Waals surface area contributed by atoms with E-state index in [9.17, 15) is 13.6 Å². The summed E-state index contributed by atoms with van der Waals surface area (Å²) in [6.07, 6.45) is 2.94. The molecule has 0 aliphatic rings. The maximum atomic E-state index is 14.1. The van der Waals surface area contributed by atoms with Gasteiger partial charge < -0.3 is 9.84 Å². The van der Waals surface area contributed by atoms with Crippen LogP contribution in [-0.4, -0.2) is 26.0 Å². The van der Waals surface area contributed by atoms with Crippen LogP contribution in [0.25, 0.3) is 11.3 Å². The van der Waals surface area contributed by atoms with Gasteiger partial charge in [0.1, 0.15) is 12.4 Å². The van der Waals surface area contributed by atoms with Crippen molar-refractivity contribution in [3.8, 4) is 17.1 Å². The van der Waals surface area contributed by atoms with Crippen molar-refractivity contribution in [2.45, 2.75) is 26.4 Å². The van der Waals surface area contributed by atoms with Gasteiger partial charge >= 0.3 is 5.97 Å². The zero-order valence-electron chi connectivity index (χ0n) is 15.0. The third-order valence-electron chi connectivity index (χ3n) is 4.05. The summed E-state index contributed by atoms with van der Waals surface area (Å²) in [6, 6.07) is 7.34. The zero-order chi connectivity index (χ0) is 20.1. The molecule has 3 rings (SSSR count). The van der Waals surface area contributed by atoms with Crippen LogP contribution in [0.2, 0.25) is 0 Å². The minimum atomic E-state index is -0.975. The van der Waals surface area contributed by atoms with Gasteiger partial charge in [-0.2, -0.15) is 4.39 Å². The first-order chi connectivity index (χ1) is 13.4. The molecule has 0 bridgehead atoms. The lowest BCUT2D eigenvalue weighted by molar-refractivity contribution is -0.136. The van der Waals surface area contributed by atoms with E-state index in [0.29, 0.717) is 28.1 Å². The number of aromatic nitrogens is 3. The number of aliphatic carboxylic acids is 1. The molecule has 2 aromatic heterocycles. The van der Waals surface area contributed by atoms with E-state index in [-0.39, 0.29) is 25.3 Å². The highest BCUT2D eigenvalue weighted by Crippen LogP contribution is 2.22. The van der Waals surface area contributed by atoms with Crippen molar-refractivity contribution in [1.82, 2.24) is 15.0 Å². The van der Waals surface area contributed by atoms with Gasteiger partial charge in [-0.05, 0) is 42.7 Å². The number of carbonyl (C=O) groups is 1. The summed E-state index contributed by atoms with van der Waals surface area (Å²) < 4.78 is 32.8. The Morgan fingerprint density at radius 3 is 2.68 bits per heavy atom. The number of rotatable bonds is 7. The second-order valence-corrected chi connectivity index (χ2v) is 6.12. The lowest BCUT2D eigenvalue weighted by Gasteiger charge is -2.09. The molecule has 0 fully saturated rings. The molecule has 0 spiro atoms. The molecule has 1 aromatic carbocycles. The van der Waals surface area contributed by atoms with Crippen molar-refractivity contribution < 1.29 is 23.4 Å². The quantitative estimate of drug-likeness (QED) is 0.624. The molecule has 0 saturated carbocycles. The first kappa shape index (κ1) is 19.3. The topological polar surface area (TPSA) is 85.2 Å². The monoisotopic (exact) mass is 385 g/mol. The number of hydrogen-bond acceptors (Lipinski definition) is 5. The summed E-state index contributed by atoms with van der Waals surface area (Å²) in [5, 5.41) is 8.69. The van der Waals surface area contributed by atoms with Crippen LogP contribution < -0.4 is 4.74 Å². The van der Waals surface area contributed by atoms with E-state index >= 15 is 0 Å². The van der Waals surface area contributed by atoms with Crippen molar-refractivity contribution in [3.05, 3.63) is 71.3 Å². The van der Waals surface area contributed by atoms with Gasteiger partial charge in [0.25, 0.3) is 0 Å². The van der Waals surface area contributed by atoms with Crippen LogP contribution in [0.1, 0.15) is 23.2 Å². The molecule has 28 heavy (non-hydrogen) atoms. The van der Waals surface area contributed by atoms with E-state index < -0.39 is 17.7 Å². The molecule has 0 aliphatic heterocycles. The van der Waals surface area contributed by atoms with Crippen LogP contribution in [0.4, 0.5) is 8.78 Å². The molecule has 8 heteroatoms. The predicted octanol–water partition coefficient (Wildman–Crippen LogP) is 3.72. The van der Waals surface area contributed by atoms with Crippen molar-refractivity contribution in [2.75, 3.05) is 0 Å². The molecule has 0 unspecified atom stereocenters. The van der Waals surface area contributed by atoms with E-state index in [4.69, 9.17) is 9.84 Å². The van der Waals surface area contributed by atoms with Crippen molar-refractivity contribution in [1.29, 1.82) is 0 Å². The largest absolute Gasteiger partial charge is 0.481 e. The fourth-order valence-electron chi connectivity index (χ4n) is 2.63. The molecule has 3 aromatic rings. The van der Waals surface area contributed by atoms with Gasteiger partial charge in [-0.3, -0.25) is 9.78 Å². The highest BCUT2D eigenvalue weighted by atomic mass is 19.1. The molecular formula is C20H17F2N3O3. The summed E-state index contributed by atoms with van der Waals surface area (Å²) in [4.78, 5) is 22.8. The van der Waals surface area contributed by atoms with E-state index in [1.165, 1.54) is 24.5 Å². The molecule has 0 atom stereocenters. The van der Waals surface area contributed by atoms with Crippen LogP contribution in [0.3, 0.4) is 0 Å². The van der Waals surface area contributed by atoms with Crippen molar-refractivity contribution in [3.63, 3.8) is 0 Å². The number of pyridine rings is 1. The van der Waals surface area contributed by atoms with Gasteiger partial charge in [0.15, 0.2) is 0 Å². The first-order valence-corrected chi connectivity index (χ1v) is 8.50. The maximum absolute atomic E-state index is 14.1. The van der Waals surface area contributed by atoms with Crippen LogP contribution in [0, 0.1) is 18.7 Å². The van der Waals surface area contributed by atoms with Gasteiger partial charge in [0, 0.05) is 17.7 Å². The zero-order valence-corrected chi connectivity index (χ0v) is 15.0. The van der Waals surface area contributed by atoms with Gasteiger partial charge in [0.05, 0.1) is 18.1 Å². The van der Waals surface area contributed by atoms with E-state index in [1.807, 2.05) is 0 Å². The minimum Gasteiger partial charge on any atom is -0.481 e. The van der Waals surface area contributed by atoms with Gasteiger partial charge in [0.2, 0.25) is 11.8 Å². The average molecular weight is 385 g/mol. The molecule has 0 radical (unpaired) electrons. The number of hydrogen-bond donors (Lipinski definition) is 1. The smallest absolute Gasteiger partial charge is 0.303 e. The minimum absolute atomic E-state index is 0.0644. The highest BCUT2D eigenvalue weighted by Gasteiger charge is 2.10. The fourth-order valence-corrected chi connectivity index (χ4v) is 2.63. The molecule has 6 nitrogen and oxygen atoms in total. The highest BCUT2D eigenvalue weighted by molar-refractivity contribution is 5.67. The number of carboxylic acids is 1. The van der Waals surface area contributed by atoms with Crippen molar-refractivity contribution >= 4 is 5.97 Å². The second-order valence-electron chi connectivity index (χ2n) is 6.12. The van der Waals surface area contributed by atoms with Crippen molar-refractivity contribution in [2.24, 2.45) is 0 Å². The van der Waals surface area contributed by atoms with Gasteiger partial charge in [-0.15, -0.1) is 0 Å². The summed E-state index contributed by atoms with van der Waals surface area (Å²) >= 11 is 0. The Balaban J connectivity index is 1.70. The fraction of sp³-hybridized carbons (Fsp3) is 0.200. The Bertz CT molecular complexity index is 1010. The normalized spacial score (nSPS) is 10.7. The molecule has 0 amide bonds. The SMILES string of the molecule is Cc1nc(F)ccc1-c1cncc(OCc2ccc(CCC(=O)O)c(F)c2)n1. The standard InChI is InChI=1S/C20H17F2N3O3/c1-12-15(5-6-18(22)24-12)17-9-23-10-19(25-17)28-11-13-2-3-14(16(21)8-13)4-7-20(26)27/h2-3,5-6,8-10H,4,7,11H2,1H3,(H,26,27). The Hall–Kier alpha value is -3.42. The van der Waals surface area contributed by atoms with Crippen LogP contribution in [0.5, 0.6) is 5.88 Å². The van der Waals surface area contributed by atoms with E-state index in [0.717, 1.165) is 0 Å². The first-order valence-electron chi connectivity index (χ1n) is 8.50. The number of aryl methyl sites for hydroxylation is 2. The Morgan fingerprint density at radius 1 is 1.14 bits per heavy atom. The predicted molar refractivity (Wildman–Crippen MR) is 96.6 cm³/mol. The molecule has 1 N–H and O–H groups in total.